The predicted octanol–water partition coefficient (Wildman–Crippen LogP) is 5.42. The third-order valence-corrected chi connectivity index (χ3v) is 11.4. The summed E-state index contributed by atoms with van der Waals surface area (Å²) in [5.74, 6) is 1.88. The number of ether oxygens (including phenoxy) is 2. The molecule has 35 heavy (non-hydrogen) atoms. The van der Waals surface area contributed by atoms with Crippen LogP contribution in [0.4, 0.5) is 0 Å². The van der Waals surface area contributed by atoms with E-state index in [0.29, 0.717) is 0 Å². The van der Waals surface area contributed by atoms with Crippen LogP contribution in [0.3, 0.4) is 0 Å². The number of aryl methyl sites for hydroxylation is 4. The summed E-state index contributed by atoms with van der Waals surface area (Å²) in [6.45, 7) is 14.8. The minimum absolute atomic E-state index is 0. The van der Waals surface area contributed by atoms with Crippen molar-refractivity contribution in [2.75, 3.05) is 14.2 Å². The van der Waals surface area contributed by atoms with Gasteiger partial charge in [-0.3, -0.25) is 0 Å². The van der Waals surface area contributed by atoms with Gasteiger partial charge in [-0.2, -0.15) is 0 Å². The Morgan fingerprint density at radius 1 is 0.686 bits per heavy atom. The summed E-state index contributed by atoms with van der Waals surface area (Å²) in [6.07, 6.45) is 0. The van der Waals surface area contributed by atoms with Crippen LogP contribution in [0.1, 0.15) is 43.0 Å². The van der Waals surface area contributed by atoms with Gasteiger partial charge in [0.15, 0.2) is 13.5 Å². The molecule has 1 radical (unpaired) electrons. The van der Waals surface area contributed by atoms with Crippen LogP contribution >= 0.6 is 16.1 Å². The Kier molecular flexibility index (Phi) is 11.6. The van der Waals surface area contributed by atoms with Crippen LogP contribution in [0.25, 0.3) is 0 Å². The molecule has 0 fully saturated rings. The first-order chi connectivity index (χ1) is 15.5. The zero-order chi connectivity index (χ0) is 24.5. The predicted molar refractivity (Wildman–Crippen MR) is 155 cm³/mol. The van der Waals surface area contributed by atoms with E-state index in [2.05, 4.69) is 97.0 Å². The summed E-state index contributed by atoms with van der Waals surface area (Å²) in [6, 6.07) is 17.6. The molecule has 3 nitrogen and oxygen atoms in total. The van der Waals surface area contributed by atoms with Crippen molar-refractivity contribution in [1.82, 2.24) is 0 Å². The molecule has 0 heterocycles. The fourth-order valence-electron chi connectivity index (χ4n) is 4.62. The molecule has 1 N–H and O–H groups in total. The van der Waals surface area contributed by atoms with Crippen molar-refractivity contribution < 1.29 is 33.8 Å². The maximum absolute atomic E-state index is 11.4. The van der Waals surface area contributed by atoms with Gasteiger partial charge in [-0.05, 0) is 107 Å². The standard InChI is InChI=1S/C28H36O3P2.CH3.Rh/c1-18-14-22(15-19(2)26(18)30-8)32(23-16-20(3)27(31-9)21(4)17-23)24-12-10-11-13-25(24)33(29)28(5,6)7;;/h10-17,29H,1-9H3;1H3;/q;-1;/p+2. The SMILES string of the molecule is COc1c(C)cc([PH+](c2cc(C)c(OC)c(C)c2)c2ccccc2[PH+](O)C(C)(C)C)cc1C.[CH3-].[Rh]. The number of hydrogen-bond acceptors (Lipinski definition) is 3. The molecule has 0 aliphatic carbocycles. The van der Waals surface area contributed by atoms with Gasteiger partial charge in [0.1, 0.15) is 40.5 Å². The van der Waals surface area contributed by atoms with Crippen LogP contribution in [-0.2, 0) is 19.5 Å². The van der Waals surface area contributed by atoms with Gasteiger partial charge in [-0.25, -0.2) is 4.89 Å². The summed E-state index contributed by atoms with van der Waals surface area (Å²) in [7, 11) is 0.310. The van der Waals surface area contributed by atoms with Gasteiger partial charge >= 0.3 is 0 Å². The fraction of sp³-hybridized carbons (Fsp3) is 0.345. The first kappa shape index (κ1) is 31.7. The van der Waals surface area contributed by atoms with Crippen molar-refractivity contribution in [2.45, 2.75) is 53.6 Å². The second-order valence-corrected chi connectivity index (χ2v) is 15.0. The average molecular weight is 602 g/mol. The first-order valence-corrected chi connectivity index (χ1v) is 14.3. The first-order valence-electron chi connectivity index (χ1n) is 11.3. The molecule has 0 aliphatic heterocycles. The summed E-state index contributed by atoms with van der Waals surface area (Å²) < 4.78 is 11.3. The van der Waals surface area contributed by atoms with Crippen molar-refractivity contribution in [2.24, 2.45) is 0 Å². The van der Waals surface area contributed by atoms with Crippen molar-refractivity contribution in [3.05, 3.63) is 78.2 Å². The van der Waals surface area contributed by atoms with Gasteiger partial charge in [-0.1, -0.05) is 12.1 Å². The Morgan fingerprint density at radius 2 is 1.03 bits per heavy atom. The zero-order valence-electron chi connectivity index (χ0n) is 22.7. The molecule has 193 valence electrons. The third kappa shape index (κ3) is 6.73. The van der Waals surface area contributed by atoms with E-state index in [-0.39, 0.29) is 32.1 Å². The molecule has 1 unspecified atom stereocenters. The number of rotatable bonds is 6. The van der Waals surface area contributed by atoms with Crippen LogP contribution in [0.15, 0.2) is 48.5 Å². The largest absolute Gasteiger partial charge is 0.496 e. The quantitative estimate of drug-likeness (QED) is 0.233. The Hall–Kier alpha value is -1.30. The monoisotopic (exact) mass is 602 g/mol. The Labute approximate surface area is 228 Å². The van der Waals surface area contributed by atoms with Crippen LogP contribution in [-0.4, -0.2) is 24.3 Å². The van der Waals surface area contributed by atoms with Crippen molar-refractivity contribution in [1.29, 1.82) is 0 Å². The van der Waals surface area contributed by atoms with E-state index in [1.54, 1.807) is 14.2 Å². The van der Waals surface area contributed by atoms with Gasteiger partial charge in [-0.15, -0.1) is 0 Å². The average Bonchev–Trinajstić information content (AvgIpc) is 2.73. The molecule has 6 heteroatoms. The van der Waals surface area contributed by atoms with E-state index < -0.39 is 16.1 Å². The van der Waals surface area contributed by atoms with Crippen molar-refractivity contribution in [3.63, 3.8) is 0 Å². The van der Waals surface area contributed by atoms with Gasteiger partial charge in [0.05, 0.1) is 14.2 Å². The molecule has 0 spiro atoms. The summed E-state index contributed by atoms with van der Waals surface area (Å²) in [5, 5.41) is 4.82. The summed E-state index contributed by atoms with van der Waals surface area (Å²) in [4.78, 5) is 11.4. The van der Waals surface area contributed by atoms with E-state index in [9.17, 15) is 4.89 Å². The van der Waals surface area contributed by atoms with Crippen LogP contribution in [0.2, 0.25) is 0 Å². The zero-order valence-corrected chi connectivity index (χ0v) is 26.4. The van der Waals surface area contributed by atoms with Gasteiger partial charge in [0.2, 0.25) is 0 Å². The second-order valence-electron chi connectivity index (χ2n) is 9.81. The van der Waals surface area contributed by atoms with Crippen LogP contribution in [0.5, 0.6) is 11.5 Å². The smallest absolute Gasteiger partial charge is 0.170 e. The Bertz CT molecular complexity index is 1050. The molecule has 0 saturated carbocycles. The normalized spacial score (nSPS) is 12.0. The molecule has 1 atom stereocenters. The number of methoxy groups -OCH3 is 2. The fourth-order valence-corrected chi connectivity index (χ4v) is 9.77. The topological polar surface area (TPSA) is 38.7 Å². The van der Waals surface area contributed by atoms with E-state index in [4.69, 9.17) is 9.47 Å². The van der Waals surface area contributed by atoms with E-state index in [1.165, 1.54) is 15.9 Å². The molecule has 0 saturated heterocycles. The van der Waals surface area contributed by atoms with Crippen LogP contribution < -0.4 is 30.7 Å². The molecule has 3 aromatic carbocycles. The minimum atomic E-state index is -1.76. The molecule has 0 aromatic heterocycles. The van der Waals surface area contributed by atoms with Gasteiger partial charge < -0.3 is 16.9 Å². The summed E-state index contributed by atoms with van der Waals surface area (Å²) >= 11 is 0. The molecule has 0 aliphatic rings. The Balaban J connectivity index is 0.00000306. The number of benzene rings is 3. The molecule has 0 amide bonds. The molecular formula is C29H41O3P2Rh+. The van der Waals surface area contributed by atoms with E-state index in [1.807, 2.05) is 0 Å². The Morgan fingerprint density at radius 3 is 1.34 bits per heavy atom. The van der Waals surface area contributed by atoms with E-state index >= 15 is 0 Å². The second kappa shape index (κ2) is 12.8. The van der Waals surface area contributed by atoms with Crippen molar-refractivity contribution in [3.8, 4) is 11.5 Å². The number of hydrogen-bond donors (Lipinski definition) is 1. The molecular weight excluding hydrogens is 561 g/mol. The van der Waals surface area contributed by atoms with Gasteiger partial charge in [0, 0.05) is 19.5 Å². The maximum Gasteiger partial charge on any atom is 0.170 e. The van der Waals surface area contributed by atoms with Crippen LogP contribution in [0, 0.1) is 35.1 Å². The third-order valence-electron chi connectivity index (χ3n) is 6.07. The van der Waals surface area contributed by atoms with E-state index in [0.717, 1.165) is 39.1 Å². The van der Waals surface area contributed by atoms with Gasteiger partial charge in [0.25, 0.3) is 0 Å². The van der Waals surface area contributed by atoms with Crippen molar-refractivity contribution >= 4 is 37.3 Å². The molecule has 3 aromatic rings. The molecule has 0 bridgehead atoms. The summed E-state index contributed by atoms with van der Waals surface area (Å²) in [5.41, 5.74) is 4.55. The maximum atomic E-state index is 11.4. The minimum Gasteiger partial charge on any atom is -0.496 e. The molecule has 3 rings (SSSR count).